The molecule has 9 aromatic rings. The minimum absolute atomic E-state index is 0. The van der Waals surface area contributed by atoms with E-state index in [1.807, 2.05) is 46.9 Å². The number of nitrogens with two attached hydrogens (primary N) is 2. The number of benzene rings is 3. The molecule has 0 fully saturated rings. The van der Waals surface area contributed by atoms with Crippen molar-refractivity contribution in [1.82, 2.24) is 74.9 Å². The van der Waals surface area contributed by atoms with Gasteiger partial charge >= 0.3 is 16.1 Å². The summed E-state index contributed by atoms with van der Waals surface area (Å²) in [6.07, 6.45) is 32.7. The largest absolute Gasteiger partial charge is 0.478 e. The van der Waals surface area contributed by atoms with Crippen LogP contribution in [0.15, 0.2) is 105 Å². The number of nitrogens with one attached hydrogen (secondary N) is 3. The maximum Gasteiger partial charge on any atom is 0.346 e. The number of ketones is 1. The zero-order valence-corrected chi connectivity index (χ0v) is 79.5. The summed E-state index contributed by atoms with van der Waals surface area (Å²) in [6, 6.07) is 11.6. The summed E-state index contributed by atoms with van der Waals surface area (Å²) in [7, 11) is -12.0. The summed E-state index contributed by atoms with van der Waals surface area (Å²) >= 11 is 27.8. The first kappa shape index (κ1) is 98.0. The highest BCUT2D eigenvalue weighted by molar-refractivity contribution is 9.10. The van der Waals surface area contributed by atoms with E-state index in [1.54, 1.807) is 34.2 Å². The first-order chi connectivity index (χ1) is 58.3. The maximum atomic E-state index is 12.8. The topological polar surface area (TPSA) is 463 Å². The van der Waals surface area contributed by atoms with Crippen LogP contribution >= 0.6 is 82.6 Å². The minimum atomic E-state index is -4.21. The van der Waals surface area contributed by atoms with Crippen LogP contribution in [0, 0.1) is 0 Å². The highest BCUT2D eigenvalue weighted by Crippen LogP contribution is 2.43. The number of sulfonamides is 2. The third-order valence-electron chi connectivity index (χ3n) is 21.9. The van der Waals surface area contributed by atoms with Crippen LogP contribution in [0.3, 0.4) is 0 Å². The molecule has 6 aromatic heterocycles. The van der Waals surface area contributed by atoms with Gasteiger partial charge in [-0.1, -0.05) is 85.7 Å². The molecule has 4 aliphatic carbocycles. The average Bonchev–Trinajstić information content (AvgIpc) is 1.64. The SMILES string of the molecule is CC(Br)CCBr.CC1CCOc2c(Br)cnn21.CC1CCOc2c(S(=O)(=O)NC(=O)Nc3c4c(cc5c3CCC5)CCC4)cnn21.CC1CCOc2c(S(=O)(=O)Oc3c(Cl)cc(Cl)cc3Cl)cnn21.CC1CCOc2c(S(N)(=O)=O)cnn21.CC1CCOc2ccnn21.CC1CCn2nccc2O1.N.Nc1c2c(cc3c1CCC3)CCC2.O.O=C1C=CNC1. The number of hydrogen-bond donors (Lipinski definition) is 6. The summed E-state index contributed by atoms with van der Waals surface area (Å²) in [6.45, 7) is 18.8. The molecule has 7 aliphatic heterocycles. The number of aryl methyl sites for hydroxylation is 5. The Kier molecular flexibility index (Phi) is 34.8. The van der Waals surface area contributed by atoms with Gasteiger partial charge in [0, 0.05) is 90.0 Å². The van der Waals surface area contributed by atoms with Gasteiger partial charge in [-0.15, -0.1) is 0 Å². The summed E-state index contributed by atoms with van der Waals surface area (Å²) in [5.74, 6) is 3.22. The highest BCUT2D eigenvalue weighted by atomic mass is 79.9. The van der Waals surface area contributed by atoms with Crippen molar-refractivity contribution >= 4 is 136 Å². The number of alkyl halides is 2. The third kappa shape index (κ3) is 24.2. The predicted molar refractivity (Wildman–Crippen MR) is 483 cm³/mol. The van der Waals surface area contributed by atoms with E-state index in [1.165, 1.54) is 120 Å². The Bertz CT molecular complexity index is 5500. The third-order valence-corrected chi connectivity index (χ3v) is 27.5. The van der Waals surface area contributed by atoms with E-state index in [2.05, 4.69) is 134 Å². The Morgan fingerprint density at radius 2 is 1.04 bits per heavy atom. The fraction of sp³-hybridized carbons (Fsp3) is 0.506. The lowest BCUT2D eigenvalue weighted by Gasteiger charge is -2.22. The predicted octanol–water partition coefficient (Wildman–Crippen LogP) is 14.6. The zero-order valence-electron chi connectivity index (χ0n) is 70.1. The lowest BCUT2D eigenvalue weighted by Crippen LogP contribution is -2.35. The number of hydrogen-bond acceptors (Lipinski definition) is 24. The van der Waals surface area contributed by atoms with Crippen LogP contribution in [-0.4, -0.2) is 157 Å². The molecule has 0 bridgehead atoms. The molecule has 0 radical (unpaired) electrons. The second-order valence-electron chi connectivity index (χ2n) is 31.0. The molecule has 0 spiro atoms. The lowest BCUT2D eigenvalue weighted by atomic mass is 9.99. The van der Waals surface area contributed by atoms with Gasteiger partial charge in [-0.05, 0) is 204 Å². The molecule has 0 saturated heterocycles. The smallest absolute Gasteiger partial charge is 0.346 e. The van der Waals surface area contributed by atoms with Gasteiger partial charge in [0.1, 0.15) is 0 Å². The van der Waals surface area contributed by atoms with E-state index in [-0.39, 0.29) is 88.7 Å². The molecule has 124 heavy (non-hydrogen) atoms. The van der Waals surface area contributed by atoms with Crippen molar-refractivity contribution in [3.8, 4) is 41.0 Å². The van der Waals surface area contributed by atoms with Crippen molar-refractivity contribution in [2.75, 3.05) is 56.0 Å². The molecule has 0 saturated carbocycles. The molecular formula is C81H108Br3Cl3N18O16S3. The molecule has 34 nitrogen and oxygen atoms in total. The van der Waals surface area contributed by atoms with Gasteiger partial charge in [-0.25, -0.2) is 59.6 Å². The molecule has 43 heteroatoms. The fourth-order valence-corrected chi connectivity index (χ4v) is 20.8. The van der Waals surface area contributed by atoms with Gasteiger partial charge in [0.15, 0.2) is 26.2 Å². The Labute approximate surface area is 762 Å². The molecule has 7 atom stereocenters. The molecule has 2 amide bonds. The van der Waals surface area contributed by atoms with E-state index < -0.39 is 36.2 Å². The summed E-state index contributed by atoms with van der Waals surface area (Å²) in [4.78, 5) is 23.1. The number of amides is 2. The summed E-state index contributed by atoms with van der Waals surface area (Å²) in [5.41, 5.74) is 19.0. The van der Waals surface area contributed by atoms with Crippen LogP contribution in [-0.2, 0) is 92.9 Å². The Hall–Kier alpha value is -8.16. The molecule has 20 rings (SSSR count). The molecule has 678 valence electrons. The number of carbonyl (C=O) groups is 2. The van der Waals surface area contributed by atoms with Crippen molar-refractivity contribution in [1.29, 1.82) is 0 Å². The number of anilines is 2. The van der Waals surface area contributed by atoms with Crippen LogP contribution in [0.4, 0.5) is 16.2 Å². The summed E-state index contributed by atoms with van der Waals surface area (Å²) in [5, 5.41) is 36.5. The minimum Gasteiger partial charge on any atom is -0.478 e. The number of fused-ring (bicyclic) bond motifs is 10. The number of urea groups is 1. The Morgan fingerprint density at radius 1 is 0.597 bits per heavy atom. The fourth-order valence-electron chi connectivity index (χ4n) is 15.3. The van der Waals surface area contributed by atoms with Crippen molar-refractivity contribution in [2.45, 2.75) is 233 Å². The Balaban J connectivity index is 0.000000152. The molecule has 13 heterocycles. The first-order valence-corrected chi connectivity index (χ1v) is 49.2. The normalized spacial score (nSPS) is 19.6. The second kappa shape index (κ2) is 44.0. The highest BCUT2D eigenvalue weighted by Gasteiger charge is 2.36. The van der Waals surface area contributed by atoms with Crippen molar-refractivity contribution < 1.29 is 72.9 Å². The number of primary sulfonamides is 1. The number of nitrogen functional groups attached to an aromatic ring is 1. The molecular weight excluding hydrogens is 1920 g/mol. The van der Waals surface area contributed by atoms with Crippen LogP contribution in [0.25, 0.3) is 0 Å². The number of nitrogens with zero attached hydrogens (tertiary/aromatic N) is 12. The zero-order chi connectivity index (χ0) is 87.3. The van der Waals surface area contributed by atoms with E-state index in [0.717, 1.165) is 147 Å². The first-order valence-electron chi connectivity index (χ1n) is 40.8. The van der Waals surface area contributed by atoms with Crippen LogP contribution in [0.1, 0.15) is 194 Å². The average molecular weight is 2030 g/mol. The van der Waals surface area contributed by atoms with Gasteiger partial charge in [0.25, 0.3) is 10.0 Å². The van der Waals surface area contributed by atoms with E-state index in [0.29, 0.717) is 49.4 Å². The van der Waals surface area contributed by atoms with Gasteiger partial charge in [-0.2, -0.15) is 39.0 Å². The van der Waals surface area contributed by atoms with Crippen LogP contribution in [0.2, 0.25) is 15.1 Å². The standard InChI is InChI=1S/C20H24N4O4S.C13H11Cl3N2O4S.C12H15N.C7H9BrN2O.C7H11N3O3S.2C7H10N2O.C4H8Br2.C4H5NO.H3N.H2O/c1-12-8-9-28-19-17(11-21-24(12)19)29(26,27)23-20(25)22-18-15-6-2-4-13(15)10-14-5-3-7-16(14)18;1-7-2-3-21-13-11(6-17-18(7)13)23(19,20)22-12-9(15)4-8(14)5-10(12)16;13-12-10-5-1-3-8(10)7-9-4-2-6-11(9)12;1-5-2-3-11-7-6(8)4-9-10(5)7;1-5-2-3-13-7-6(14(8,11)12)4-9-10(5)7;1-6-3-5-10-7-2-4-8-9(6)7;1-6-3-5-9-7(10-6)2-4-8-9;1-4(6)2-3-5;6-4-1-2-5-3-4;;/h10-12H,2-9H2,1H3,(H2,22,23,25);4-7H,2-3H2,1H3;7H,1-6,13H2;4-5H,2-3H2,1H3;4-5H,2-3H2,1H3,(H2,8,11,12);2*2,4,6H,3,5H2,1H3;4H,2-3H2,1H3;1-2,5H,3H2;1H3;1H2. The van der Waals surface area contributed by atoms with Crippen molar-refractivity contribution in [3.63, 3.8) is 0 Å². The lowest BCUT2D eigenvalue weighted by molar-refractivity contribution is -0.113. The molecule has 12 N–H and O–H groups in total. The van der Waals surface area contributed by atoms with Gasteiger partial charge in [-0.3, -0.25) is 4.79 Å². The van der Waals surface area contributed by atoms with Crippen LogP contribution < -0.4 is 65.0 Å². The molecule has 3 aromatic carbocycles. The number of carbonyl (C=O) groups excluding carboxylic acids is 2. The second-order valence-corrected chi connectivity index (χ2v) is 40.1. The van der Waals surface area contributed by atoms with Crippen LogP contribution in [0.5, 0.6) is 41.0 Å². The monoisotopic (exact) mass is 2030 g/mol. The molecule has 11 aliphatic rings. The van der Waals surface area contributed by atoms with E-state index in [9.17, 15) is 34.8 Å². The van der Waals surface area contributed by atoms with E-state index >= 15 is 0 Å². The van der Waals surface area contributed by atoms with Gasteiger partial charge < -0.3 is 60.6 Å². The number of halogens is 6. The summed E-state index contributed by atoms with van der Waals surface area (Å²) < 4.78 is 124. The van der Waals surface area contributed by atoms with E-state index in [4.69, 9.17) is 78.3 Å². The van der Waals surface area contributed by atoms with Gasteiger partial charge in [0.2, 0.25) is 45.3 Å². The Morgan fingerprint density at radius 3 is 1.51 bits per heavy atom. The maximum absolute atomic E-state index is 12.8. The molecule has 7 unspecified atom stereocenters. The van der Waals surface area contributed by atoms with Gasteiger partial charge in [0.05, 0.1) is 128 Å². The number of ether oxygens (including phenoxy) is 6. The number of aromatic nitrogens is 12. The van der Waals surface area contributed by atoms with Crippen molar-refractivity contribution in [2.24, 2.45) is 5.14 Å². The number of rotatable bonds is 9. The van der Waals surface area contributed by atoms with Crippen molar-refractivity contribution in [3.05, 3.63) is 150 Å². The quantitative estimate of drug-likeness (QED) is 0.0444.